The van der Waals surface area contributed by atoms with Gasteiger partial charge in [-0.15, -0.1) is 11.3 Å². The van der Waals surface area contributed by atoms with Crippen molar-refractivity contribution in [1.29, 1.82) is 0 Å². The number of nitrogens with zero attached hydrogens (tertiary/aromatic N) is 1. The lowest BCUT2D eigenvalue weighted by Crippen LogP contribution is -2.15. The van der Waals surface area contributed by atoms with Gasteiger partial charge in [-0.1, -0.05) is 6.92 Å². The van der Waals surface area contributed by atoms with Crippen LogP contribution in [0.2, 0.25) is 0 Å². The molecule has 2 rings (SSSR count). The summed E-state index contributed by atoms with van der Waals surface area (Å²) in [6.07, 6.45) is 1.79. The number of nitrogens with one attached hydrogen (secondary N) is 1. The highest BCUT2D eigenvalue weighted by atomic mass is 32.2. The van der Waals surface area contributed by atoms with Gasteiger partial charge < -0.3 is 10.4 Å². The van der Waals surface area contributed by atoms with Crippen molar-refractivity contribution in [3.05, 3.63) is 39.8 Å². The lowest BCUT2D eigenvalue weighted by molar-refractivity contribution is -0.115. The SMILES string of the molecule is CCc1nc(CC(=O)Nc2cc(C(=O)O)cc(S(C)(=O)=O)c2)cs1. The molecule has 0 saturated carbocycles. The van der Waals surface area contributed by atoms with Crippen LogP contribution in [0.4, 0.5) is 5.69 Å². The second-order valence-corrected chi connectivity index (χ2v) is 8.09. The number of aromatic nitrogens is 1. The molecule has 1 heterocycles. The minimum absolute atomic E-state index is 0.0298. The molecule has 7 nitrogen and oxygen atoms in total. The first-order chi connectivity index (χ1) is 11.2. The fraction of sp³-hybridized carbons (Fsp3) is 0.267. The second kappa shape index (κ2) is 7.10. The van der Waals surface area contributed by atoms with Crippen molar-refractivity contribution < 1.29 is 23.1 Å². The Morgan fingerprint density at radius 2 is 2.00 bits per heavy atom. The van der Waals surface area contributed by atoms with E-state index < -0.39 is 21.7 Å². The Balaban J connectivity index is 2.23. The summed E-state index contributed by atoms with van der Waals surface area (Å²) in [6.45, 7) is 1.97. The number of hydrogen-bond donors (Lipinski definition) is 2. The van der Waals surface area contributed by atoms with E-state index in [4.69, 9.17) is 5.11 Å². The van der Waals surface area contributed by atoms with Gasteiger partial charge in [0, 0.05) is 17.3 Å². The van der Waals surface area contributed by atoms with Crippen LogP contribution in [0.1, 0.15) is 28.0 Å². The van der Waals surface area contributed by atoms with Crippen molar-refractivity contribution >= 4 is 38.7 Å². The average molecular weight is 368 g/mol. The molecule has 2 aromatic rings. The van der Waals surface area contributed by atoms with Gasteiger partial charge in [0.25, 0.3) is 0 Å². The molecule has 0 bridgehead atoms. The number of carboxylic acid groups (broad SMARTS) is 1. The number of carbonyl (C=O) groups is 2. The summed E-state index contributed by atoms with van der Waals surface area (Å²) in [5, 5.41) is 14.3. The number of thiazole rings is 1. The lowest BCUT2D eigenvalue weighted by atomic mass is 10.2. The highest BCUT2D eigenvalue weighted by molar-refractivity contribution is 7.90. The molecule has 1 aromatic carbocycles. The van der Waals surface area contributed by atoms with Gasteiger partial charge in [-0.3, -0.25) is 4.79 Å². The Labute approximate surface area is 143 Å². The van der Waals surface area contributed by atoms with E-state index in [1.807, 2.05) is 6.92 Å². The number of amides is 1. The van der Waals surface area contributed by atoms with Crippen LogP contribution in [0.3, 0.4) is 0 Å². The molecule has 0 radical (unpaired) electrons. The predicted octanol–water partition coefficient (Wildman–Crippen LogP) is 1.99. The highest BCUT2D eigenvalue weighted by Crippen LogP contribution is 2.20. The smallest absolute Gasteiger partial charge is 0.335 e. The largest absolute Gasteiger partial charge is 0.478 e. The topological polar surface area (TPSA) is 113 Å². The van der Waals surface area contributed by atoms with E-state index in [2.05, 4.69) is 10.3 Å². The van der Waals surface area contributed by atoms with Crippen molar-refractivity contribution in [3.8, 4) is 0 Å². The van der Waals surface area contributed by atoms with Crippen LogP contribution in [0.5, 0.6) is 0 Å². The minimum atomic E-state index is -3.60. The van der Waals surface area contributed by atoms with E-state index in [0.717, 1.165) is 23.8 Å². The molecule has 1 amide bonds. The maximum absolute atomic E-state index is 12.1. The van der Waals surface area contributed by atoms with Gasteiger partial charge >= 0.3 is 5.97 Å². The number of carbonyl (C=O) groups excluding carboxylic acids is 1. The Hall–Kier alpha value is -2.26. The zero-order valence-corrected chi connectivity index (χ0v) is 14.7. The number of hydrogen-bond acceptors (Lipinski definition) is 6. The third-order valence-electron chi connectivity index (χ3n) is 3.11. The first-order valence-electron chi connectivity index (χ1n) is 7.00. The van der Waals surface area contributed by atoms with E-state index in [-0.39, 0.29) is 22.6 Å². The predicted molar refractivity (Wildman–Crippen MR) is 90.3 cm³/mol. The molecule has 0 atom stereocenters. The van der Waals surface area contributed by atoms with Crippen molar-refractivity contribution in [2.45, 2.75) is 24.7 Å². The Kier molecular flexibility index (Phi) is 5.35. The first-order valence-corrected chi connectivity index (χ1v) is 9.77. The molecule has 0 aliphatic heterocycles. The first kappa shape index (κ1) is 18.1. The van der Waals surface area contributed by atoms with Crippen molar-refractivity contribution in [2.24, 2.45) is 0 Å². The zero-order valence-electron chi connectivity index (χ0n) is 13.1. The molecule has 0 aliphatic rings. The van der Waals surface area contributed by atoms with Crippen LogP contribution in [-0.2, 0) is 27.5 Å². The second-order valence-electron chi connectivity index (χ2n) is 5.13. The maximum Gasteiger partial charge on any atom is 0.335 e. The molecule has 0 saturated heterocycles. The van der Waals surface area contributed by atoms with E-state index in [1.165, 1.54) is 23.5 Å². The zero-order chi connectivity index (χ0) is 17.9. The van der Waals surface area contributed by atoms with E-state index in [0.29, 0.717) is 5.69 Å². The van der Waals surface area contributed by atoms with Gasteiger partial charge in [-0.25, -0.2) is 18.2 Å². The number of benzene rings is 1. The normalized spacial score (nSPS) is 11.2. The third kappa shape index (κ3) is 4.62. The minimum Gasteiger partial charge on any atom is -0.478 e. The van der Waals surface area contributed by atoms with E-state index in [9.17, 15) is 18.0 Å². The van der Waals surface area contributed by atoms with Crippen LogP contribution >= 0.6 is 11.3 Å². The highest BCUT2D eigenvalue weighted by Gasteiger charge is 2.15. The summed E-state index contributed by atoms with van der Waals surface area (Å²) in [7, 11) is -3.60. The summed E-state index contributed by atoms with van der Waals surface area (Å²) < 4.78 is 23.3. The average Bonchev–Trinajstić information content (AvgIpc) is 2.93. The summed E-state index contributed by atoms with van der Waals surface area (Å²) in [4.78, 5) is 27.3. The summed E-state index contributed by atoms with van der Waals surface area (Å²) in [6, 6.07) is 3.51. The van der Waals surface area contributed by atoms with E-state index >= 15 is 0 Å². The van der Waals surface area contributed by atoms with Crippen LogP contribution in [0.15, 0.2) is 28.5 Å². The monoisotopic (exact) mass is 368 g/mol. The summed E-state index contributed by atoms with van der Waals surface area (Å²) in [5.74, 6) is -1.67. The molecule has 0 aliphatic carbocycles. The third-order valence-corrected chi connectivity index (χ3v) is 5.24. The van der Waals surface area contributed by atoms with Crippen LogP contribution in [-0.4, -0.2) is 36.6 Å². The Morgan fingerprint density at radius 3 is 2.54 bits per heavy atom. The number of anilines is 1. The molecule has 0 spiro atoms. The Morgan fingerprint density at radius 1 is 1.29 bits per heavy atom. The fourth-order valence-electron chi connectivity index (χ4n) is 1.97. The standard InChI is InChI=1S/C15H16N2O5S2/c1-3-14-17-11(8-23-14)7-13(18)16-10-4-9(15(19)20)5-12(6-10)24(2,21)22/h4-6,8H,3,7H2,1-2H3,(H,16,18)(H,19,20). The number of sulfone groups is 1. The molecule has 0 fully saturated rings. The van der Waals surface area contributed by atoms with Crippen LogP contribution < -0.4 is 5.32 Å². The summed E-state index contributed by atoms with van der Waals surface area (Å²) >= 11 is 1.46. The van der Waals surface area contributed by atoms with E-state index in [1.54, 1.807) is 5.38 Å². The molecular weight excluding hydrogens is 352 g/mol. The molecule has 24 heavy (non-hydrogen) atoms. The van der Waals surface area contributed by atoms with Crippen molar-refractivity contribution in [1.82, 2.24) is 4.98 Å². The number of carboxylic acids is 1. The quantitative estimate of drug-likeness (QED) is 0.806. The molecule has 0 unspecified atom stereocenters. The van der Waals surface area contributed by atoms with Gasteiger partial charge in [0.2, 0.25) is 5.91 Å². The van der Waals surface area contributed by atoms with Gasteiger partial charge in [0.1, 0.15) is 0 Å². The van der Waals surface area contributed by atoms with Gasteiger partial charge in [-0.2, -0.15) is 0 Å². The Bertz CT molecular complexity index is 887. The van der Waals surface area contributed by atoms with Crippen LogP contribution in [0, 0.1) is 0 Å². The molecule has 1 aromatic heterocycles. The number of rotatable bonds is 6. The number of aromatic carboxylic acids is 1. The van der Waals surface area contributed by atoms with Gasteiger partial charge in [0.15, 0.2) is 9.84 Å². The van der Waals surface area contributed by atoms with Crippen molar-refractivity contribution in [2.75, 3.05) is 11.6 Å². The fourth-order valence-corrected chi connectivity index (χ4v) is 3.40. The van der Waals surface area contributed by atoms with Gasteiger partial charge in [0.05, 0.1) is 27.6 Å². The lowest BCUT2D eigenvalue weighted by Gasteiger charge is -2.08. The summed E-state index contributed by atoms with van der Waals surface area (Å²) in [5.41, 5.74) is 0.522. The molecule has 128 valence electrons. The number of aryl methyl sites for hydroxylation is 1. The molecule has 9 heteroatoms. The maximum atomic E-state index is 12.1. The van der Waals surface area contributed by atoms with Crippen molar-refractivity contribution in [3.63, 3.8) is 0 Å². The molecule has 2 N–H and O–H groups in total. The van der Waals surface area contributed by atoms with Crippen LogP contribution in [0.25, 0.3) is 0 Å². The molecular formula is C15H16N2O5S2. The van der Waals surface area contributed by atoms with Gasteiger partial charge in [-0.05, 0) is 24.6 Å².